The molecule has 6 aromatic carbocycles. The summed E-state index contributed by atoms with van der Waals surface area (Å²) in [7, 11) is -2.88. The molecule has 1 atom stereocenters. The Balaban J connectivity index is 1.55. The molecule has 308 valence electrons. The molecule has 0 saturated heterocycles. The summed E-state index contributed by atoms with van der Waals surface area (Å²) in [5.74, 6) is 2.35. The molecule has 6 aromatic rings. The van der Waals surface area contributed by atoms with Gasteiger partial charge in [0.05, 0.1) is 0 Å². The number of hydrogen-bond acceptors (Lipinski definition) is 13. The third-order valence-corrected chi connectivity index (χ3v) is 12.9. The number of para-hydroxylation sites is 5. The highest BCUT2D eigenvalue weighted by Crippen LogP contribution is 2.64. The zero-order valence-electron chi connectivity index (χ0n) is 32.3. The first-order valence-corrected chi connectivity index (χ1v) is 22.2. The van der Waals surface area contributed by atoms with Crippen LogP contribution in [0.5, 0.6) is 57.5 Å². The van der Waals surface area contributed by atoms with E-state index in [9.17, 15) is 20.4 Å². The van der Waals surface area contributed by atoms with Crippen LogP contribution in [0.4, 0.5) is 0 Å². The van der Waals surface area contributed by atoms with E-state index in [2.05, 4.69) is 4.52 Å². The lowest BCUT2D eigenvalue weighted by Gasteiger charge is -2.26. The topological polar surface area (TPSA) is 173 Å². The van der Waals surface area contributed by atoms with Crippen LogP contribution in [0.15, 0.2) is 147 Å². The first kappa shape index (κ1) is 42.5. The number of hydrogen-bond donors (Lipinski definition) is 4. The van der Waals surface area contributed by atoms with E-state index < -0.39 is 7.66 Å². The van der Waals surface area contributed by atoms with Gasteiger partial charge < -0.3 is 48.4 Å². The van der Waals surface area contributed by atoms with Crippen molar-refractivity contribution in [1.29, 1.82) is 0 Å². The lowest BCUT2D eigenvalue weighted by Crippen LogP contribution is -2.06. The van der Waals surface area contributed by atoms with Gasteiger partial charge in [0.25, 0.3) is 0 Å². The standard InChI is InChI=1S/C44H42N3O10P3/c48-26-22-31-12-4-8-18-36(31)52-40-30-41(57-60(46-58-45-59-47-60)56-35-16-2-1-3-17-35)43(54-38-20-10-6-14-33(38)24-28-50)44(55-39-21-11-7-15-34(39)25-29-51)42(40)53-37-19-9-5-13-32(37)23-27-49/h1-21,30,48-51H,22-29H2. The van der Waals surface area contributed by atoms with Crippen LogP contribution >= 0.6 is 24.7 Å². The summed E-state index contributed by atoms with van der Waals surface area (Å²) in [6.07, 6.45) is 1.14. The molecule has 0 aliphatic carbocycles. The third kappa shape index (κ3) is 10.6. The second-order valence-electron chi connectivity index (χ2n) is 13.0. The van der Waals surface area contributed by atoms with Gasteiger partial charge in [0.1, 0.15) is 28.7 Å². The Hall–Kier alpha value is -5.61. The molecule has 0 aromatic heterocycles. The van der Waals surface area contributed by atoms with Gasteiger partial charge in [0.2, 0.25) is 17.2 Å². The van der Waals surface area contributed by atoms with Gasteiger partial charge in [0.15, 0.2) is 28.5 Å². The Morgan fingerprint density at radius 2 is 0.833 bits per heavy atom. The number of nitrogens with zero attached hydrogens (tertiary/aromatic N) is 3. The predicted molar refractivity (Wildman–Crippen MR) is 231 cm³/mol. The number of aliphatic hydroxyl groups excluding tert-OH is 4. The maximum absolute atomic E-state index is 10.1. The lowest BCUT2D eigenvalue weighted by atomic mass is 10.1. The molecule has 4 N–H and O–H groups in total. The molecule has 13 nitrogen and oxygen atoms in total. The summed E-state index contributed by atoms with van der Waals surface area (Å²) in [5, 5.41) is 40.2. The van der Waals surface area contributed by atoms with Crippen molar-refractivity contribution in [1.82, 2.24) is 0 Å². The fourth-order valence-corrected chi connectivity index (χ4v) is 9.94. The molecule has 16 heteroatoms. The Labute approximate surface area is 350 Å². The van der Waals surface area contributed by atoms with Gasteiger partial charge in [-0.1, -0.05) is 91.0 Å². The Kier molecular flexibility index (Phi) is 14.9. The largest absolute Gasteiger partial charge is 0.460 e. The smallest absolute Gasteiger partial charge is 0.453 e. The van der Waals surface area contributed by atoms with E-state index in [1.165, 1.54) is 0 Å². The van der Waals surface area contributed by atoms with E-state index in [-0.39, 0.29) is 74.4 Å². The molecule has 0 radical (unpaired) electrons. The average Bonchev–Trinajstić information content (AvgIpc) is 3.27. The minimum atomic E-state index is -3.57. The van der Waals surface area contributed by atoms with Crippen molar-refractivity contribution in [3.63, 3.8) is 0 Å². The van der Waals surface area contributed by atoms with Gasteiger partial charge in [-0.3, -0.25) is 0 Å². The predicted octanol–water partition coefficient (Wildman–Crippen LogP) is 11.5. The second-order valence-corrected chi connectivity index (χ2v) is 16.9. The molecule has 0 saturated carbocycles. The van der Waals surface area contributed by atoms with E-state index in [0.29, 0.717) is 68.9 Å². The summed E-state index contributed by atoms with van der Waals surface area (Å²) >= 11 is 0. The average molecular weight is 866 g/mol. The highest BCUT2D eigenvalue weighted by atomic mass is 31.2. The molecule has 7 rings (SSSR count). The molecule has 0 amide bonds. The quantitative estimate of drug-likeness (QED) is 0.0541. The summed E-state index contributed by atoms with van der Waals surface area (Å²) in [4.78, 5) is 0. The van der Waals surface area contributed by atoms with Gasteiger partial charge in [-0.25, -0.2) is 0 Å². The minimum absolute atomic E-state index is 0.0137. The molecular weight excluding hydrogens is 823 g/mol. The Bertz CT molecular complexity index is 2500. The minimum Gasteiger partial charge on any atom is -0.453 e. The zero-order valence-corrected chi connectivity index (χ0v) is 35.0. The number of aliphatic hydroxyl groups is 4. The van der Waals surface area contributed by atoms with Gasteiger partial charge in [0, 0.05) is 32.5 Å². The van der Waals surface area contributed by atoms with Crippen molar-refractivity contribution in [3.05, 3.63) is 156 Å². The zero-order chi connectivity index (χ0) is 41.6. The van der Waals surface area contributed by atoms with Crippen molar-refractivity contribution in [2.24, 2.45) is 13.5 Å². The van der Waals surface area contributed by atoms with Crippen LogP contribution in [0, 0.1) is 0 Å². The highest BCUT2D eigenvalue weighted by molar-refractivity contribution is 7.65. The van der Waals surface area contributed by atoms with Gasteiger partial charge in [-0.15, -0.1) is 9.03 Å². The Morgan fingerprint density at radius 1 is 0.417 bits per heavy atom. The van der Waals surface area contributed by atoms with Crippen molar-refractivity contribution in [3.8, 4) is 57.5 Å². The van der Waals surface area contributed by atoms with Crippen LogP contribution in [0.1, 0.15) is 22.3 Å². The van der Waals surface area contributed by atoms with Gasteiger partial charge >= 0.3 is 7.66 Å². The van der Waals surface area contributed by atoms with Crippen molar-refractivity contribution in [2.75, 3.05) is 26.4 Å². The number of ether oxygens (including phenoxy) is 4. The number of benzene rings is 6. The molecular formula is C44H42N3O10P3. The third-order valence-electron chi connectivity index (χ3n) is 8.96. The van der Waals surface area contributed by atoms with E-state index in [1.54, 1.807) is 42.5 Å². The summed E-state index contributed by atoms with van der Waals surface area (Å²) in [5.41, 5.74) is 2.81. The molecule has 0 fully saturated rings. The fraction of sp³-hybridized carbons (Fsp3) is 0.182. The van der Waals surface area contributed by atoms with E-state index in [4.69, 9.17) is 37.0 Å². The normalized spacial score (nSPS) is 14.8. The second kappa shape index (κ2) is 21.1. The molecule has 1 aliphatic heterocycles. The first-order chi connectivity index (χ1) is 29.5. The van der Waals surface area contributed by atoms with Crippen molar-refractivity contribution in [2.45, 2.75) is 25.7 Å². The molecule has 60 heavy (non-hydrogen) atoms. The monoisotopic (exact) mass is 865 g/mol. The van der Waals surface area contributed by atoms with E-state index >= 15 is 0 Å². The highest BCUT2D eigenvalue weighted by Gasteiger charge is 2.35. The van der Waals surface area contributed by atoms with E-state index in [1.807, 2.05) is 91.0 Å². The number of rotatable bonds is 20. The summed E-state index contributed by atoms with van der Waals surface area (Å²) in [6.45, 7) is -0.550. The molecule has 1 aliphatic rings. The maximum atomic E-state index is 10.1. The van der Waals surface area contributed by atoms with Crippen LogP contribution in [0.25, 0.3) is 0 Å². The molecule has 0 bridgehead atoms. The van der Waals surface area contributed by atoms with Crippen LogP contribution < -0.4 is 28.0 Å². The summed E-state index contributed by atoms with van der Waals surface area (Å²) < 4.78 is 54.5. The molecule has 1 unspecified atom stereocenters. The maximum Gasteiger partial charge on any atom is 0.460 e. The molecule has 0 spiro atoms. The molecule has 1 heterocycles. The van der Waals surface area contributed by atoms with Crippen LogP contribution in [-0.2, 0) is 25.7 Å². The van der Waals surface area contributed by atoms with Crippen LogP contribution in [0.3, 0.4) is 0 Å². The van der Waals surface area contributed by atoms with E-state index in [0.717, 1.165) is 5.56 Å². The first-order valence-electron chi connectivity index (χ1n) is 19.1. The van der Waals surface area contributed by atoms with Crippen molar-refractivity contribution < 1.29 is 48.4 Å². The summed E-state index contributed by atoms with van der Waals surface area (Å²) in [6, 6.07) is 39.8. The van der Waals surface area contributed by atoms with Gasteiger partial charge in [-0.05, 0) is 84.3 Å². The van der Waals surface area contributed by atoms with Crippen LogP contribution in [-0.4, -0.2) is 46.9 Å². The van der Waals surface area contributed by atoms with Gasteiger partial charge in [-0.2, -0.15) is 4.52 Å². The van der Waals surface area contributed by atoms with Crippen LogP contribution in [0.2, 0.25) is 0 Å². The lowest BCUT2D eigenvalue weighted by molar-refractivity contribution is 0.294. The van der Waals surface area contributed by atoms with Crippen molar-refractivity contribution >= 4 is 24.7 Å². The SMILES string of the molecule is OCCc1ccccc1Oc1cc(OP2(Oc3ccccc3)=NP=NP=N2)c(Oc2ccccc2CCO)c(Oc2ccccc2CCO)c1Oc1ccccc1CCO. The fourth-order valence-electron chi connectivity index (χ4n) is 6.19. The Morgan fingerprint density at radius 3 is 1.28 bits per heavy atom.